The van der Waals surface area contributed by atoms with Crippen LogP contribution in [-0.2, 0) is 19.1 Å². The smallest absolute Gasteiger partial charge is 0.307 e. The van der Waals surface area contributed by atoms with Crippen LogP contribution in [0.2, 0.25) is 5.02 Å². The largest absolute Gasteiger partial charge is 0.469 e. The molecule has 0 spiro atoms. The fourth-order valence-electron chi connectivity index (χ4n) is 2.83. The second kappa shape index (κ2) is 11.0. The van der Waals surface area contributed by atoms with E-state index in [1.165, 1.54) is 14.0 Å². The molecule has 0 saturated carbocycles. The van der Waals surface area contributed by atoms with Crippen LogP contribution in [0.5, 0.6) is 0 Å². The Bertz CT molecular complexity index is 856. The van der Waals surface area contributed by atoms with Crippen LogP contribution < -0.4 is 10.6 Å². The minimum atomic E-state index is -0.550. The van der Waals surface area contributed by atoms with Crippen LogP contribution in [0.4, 0.5) is 0 Å². The Balaban J connectivity index is 2.16. The van der Waals surface area contributed by atoms with Crippen molar-refractivity contribution in [3.05, 3.63) is 69.2 Å². The van der Waals surface area contributed by atoms with Gasteiger partial charge in [-0.1, -0.05) is 51.8 Å². The highest BCUT2D eigenvalue weighted by molar-refractivity contribution is 9.10. The molecule has 0 aliphatic rings. The van der Waals surface area contributed by atoms with E-state index in [1.807, 2.05) is 24.3 Å². The van der Waals surface area contributed by atoms with E-state index < -0.39 is 18.1 Å². The maximum Gasteiger partial charge on any atom is 0.307 e. The van der Waals surface area contributed by atoms with Crippen molar-refractivity contribution in [2.75, 3.05) is 7.11 Å². The molecule has 0 fully saturated rings. The molecule has 0 bridgehead atoms. The number of ether oxygens (including phenoxy) is 1. The number of hydrogen-bond acceptors (Lipinski definition) is 4. The van der Waals surface area contributed by atoms with Crippen LogP contribution in [0.3, 0.4) is 0 Å². The lowest BCUT2D eigenvalue weighted by Crippen LogP contribution is -2.35. The van der Waals surface area contributed by atoms with Gasteiger partial charge in [-0.2, -0.15) is 0 Å². The minimum Gasteiger partial charge on any atom is -0.469 e. The summed E-state index contributed by atoms with van der Waals surface area (Å²) >= 11 is 9.29. The van der Waals surface area contributed by atoms with E-state index in [1.54, 1.807) is 24.3 Å². The van der Waals surface area contributed by atoms with Gasteiger partial charge < -0.3 is 15.4 Å². The molecule has 29 heavy (non-hydrogen) atoms. The molecular formula is C21H22BrClN2O4. The Hall–Kier alpha value is -2.38. The highest BCUT2D eigenvalue weighted by Crippen LogP contribution is 2.23. The summed E-state index contributed by atoms with van der Waals surface area (Å²) in [5.41, 5.74) is 1.53. The van der Waals surface area contributed by atoms with Gasteiger partial charge in [0, 0.05) is 16.4 Å². The van der Waals surface area contributed by atoms with Gasteiger partial charge >= 0.3 is 5.97 Å². The molecule has 0 radical (unpaired) electrons. The quantitative estimate of drug-likeness (QED) is 0.556. The van der Waals surface area contributed by atoms with Crippen LogP contribution in [0.25, 0.3) is 0 Å². The summed E-state index contributed by atoms with van der Waals surface area (Å²) in [6.45, 7) is 1.39. The number of esters is 1. The van der Waals surface area contributed by atoms with Gasteiger partial charge in [-0.05, 0) is 35.4 Å². The van der Waals surface area contributed by atoms with Crippen molar-refractivity contribution in [3.63, 3.8) is 0 Å². The number of rotatable bonds is 8. The van der Waals surface area contributed by atoms with Gasteiger partial charge in [-0.15, -0.1) is 0 Å². The minimum absolute atomic E-state index is 0.00434. The van der Waals surface area contributed by atoms with Crippen LogP contribution in [-0.4, -0.2) is 24.9 Å². The summed E-state index contributed by atoms with van der Waals surface area (Å²) in [5, 5.41) is 6.21. The first-order chi connectivity index (χ1) is 13.8. The highest BCUT2D eigenvalue weighted by Gasteiger charge is 2.22. The molecule has 2 aromatic rings. The third kappa shape index (κ3) is 7.51. The molecule has 0 aliphatic heterocycles. The molecule has 2 atom stereocenters. The monoisotopic (exact) mass is 480 g/mol. The summed E-state index contributed by atoms with van der Waals surface area (Å²) < 4.78 is 5.64. The van der Waals surface area contributed by atoms with Crippen molar-refractivity contribution in [3.8, 4) is 0 Å². The van der Waals surface area contributed by atoms with E-state index in [0.717, 1.165) is 15.6 Å². The molecule has 0 aliphatic carbocycles. The zero-order valence-electron chi connectivity index (χ0n) is 16.1. The molecule has 0 heterocycles. The molecule has 2 aromatic carbocycles. The van der Waals surface area contributed by atoms with E-state index in [-0.39, 0.29) is 24.7 Å². The molecule has 2 N–H and O–H groups in total. The maximum atomic E-state index is 12.7. The molecule has 2 amide bonds. The van der Waals surface area contributed by atoms with Crippen LogP contribution in [0.1, 0.15) is 43.0 Å². The SMILES string of the molecule is COC(=O)CC(NC(=O)CC(NC(C)=O)c1ccc(Cl)cc1)c1ccc(Br)cc1. The van der Waals surface area contributed by atoms with E-state index in [0.29, 0.717) is 5.02 Å². The summed E-state index contributed by atoms with van der Waals surface area (Å²) in [6, 6.07) is 13.2. The molecule has 2 unspecified atom stereocenters. The Labute approximate surface area is 183 Å². The average Bonchev–Trinajstić information content (AvgIpc) is 2.67. The Morgan fingerprint density at radius 2 is 1.45 bits per heavy atom. The fourth-order valence-corrected chi connectivity index (χ4v) is 3.22. The number of carbonyl (C=O) groups excluding carboxylic acids is 3. The van der Waals surface area contributed by atoms with Gasteiger partial charge in [0.2, 0.25) is 11.8 Å². The first-order valence-electron chi connectivity index (χ1n) is 8.92. The number of benzene rings is 2. The van der Waals surface area contributed by atoms with E-state index in [2.05, 4.69) is 26.6 Å². The summed E-state index contributed by atoms with van der Waals surface area (Å²) in [5.74, 6) is -0.998. The normalized spacial score (nSPS) is 12.6. The standard InChI is InChI=1S/C21H22BrClN2O4/c1-13(26)24-18(15-5-9-17(23)10-6-15)11-20(27)25-19(12-21(28)29-2)14-3-7-16(22)8-4-14/h3-10,18-19H,11-12H2,1-2H3,(H,24,26)(H,25,27). The molecule has 154 valence electrons. The van der Waals surface area contributed by atoms with E-state index >= 15 is 0 Å². The first kappa shape index (κ1) is 22.9. The lowest BCUT2D eigenvalue weighted by atomic mass is 10.0. The molecule has 8 heteroatoms. The van der Waals surface area contributed by atoms with Gasteiger partial charge in [-0.3, -0.25) is 14.4 Å². The van der Waals surface area contributed by atoms with Crippen molar-refractivity contribution in [2.45, 2.75) is 31.8 Å². The van der Waals surface area contributed by atoms with Gasteiger partial charge in [0.15, 0.2) is 0 Å². The number of carbonyl (C=O) groups is 3. The number of amides is 2. The fraction of sp³-hybridized carbons (Fsp3) is 0.286. The third-order valence-corrected chi connectivity index (χ3v) is 5.03. The van der Waals surface area contributed by atoms with E-state index in [9.17, 15) is 14.4 Å². The Morgan fingerprint density at radius 3 is 1.97 bits per heavy atom. The van der Waals surface area contributed by atoms with E-state index in [4.69, 9.17) is 16.3 Å². The van der Waals surface area contributed by atoms with Crippen LogP contribution >= 0.6 is 27.5 Å². The Morgan fingerprint density at radius 1 is 0.931 bits per heavy atom. The van der Waals surface area contributed by atoms with Crippen molar-refractivity contribution < 1.29 is 19.1 Å². The number of nitrogens with one attached hydrogen (secondary N) is 2. The van der Waals surface area contributed by atoms with Crippen molar-refractivity contribution in [1.82, 2.24) is 10.6 Å². The molecular weight excluding hydrogens is 460 g/mol. The summed E-state index contributed by atoms with van der Waals surface area (Å²) in [7, 11) is 1.30. The zero-order valence-corrected chi connectivity index (χ0v) is 18.4. The second-order valence-electron chi connectivity index (χ2n) is 6.46. The molecule has 6 nitrogen and oxygen atoms in total. The Kier molecular flexibility index (Phi) is 8.67. The summed E-state index contributed by atoms with van der Waals surface area (Å²) in [6.07, 6.45) is 0.00499. The lowest BCUT2D eigenvalue weighted by molar-refractivity contribution is -0.141. The zero-order chi connectivity index (χ0) is 21.4. The second-order valence-corrected chi connectivity index (χ2v) is 7.81. The third-order valence-electron chi connectivity index (χ3n) is 4.25. The molecule has 0 saturated heterocycles. The van der Waals surface area contributed by atoms with Crippen molar-refractivity contribution in [2.24, 2.45) is 0 Å². The predicted octanol–water partition coefficient (Wildman–Crippen LogP) is 4.09. The van der Waals surface area contributed by atoms with Gasteiger partial charge in [0.1, 0.15) is 0 Å². The van der Waals surface area contributed by atoms with Gasteiger partial charge in [-0.25, -0.2) is 0 Å². The van der Waals surface area contributed by atoms with Gasteiger partial charge in [0.05, 0.1) is 32.0 Å². The maximum absolute atomic E-state index is 12.7. The molecule has 2 rings (SSSR count). The topological polar surface area (TPSA) is 84.5 Å². The number of halogens is 2. The average molecular weight is 482 g/mol. The molecule has 0 aromatic heterocycles. The highest BCUT2D eigenvalue weighted by atomic mass is 79.9. The number of methoxy groups -OCH3 is 1. The van der Waals surface area contributed by atoms with Crippen molar-refractivity contribution >= 4 is 45.3 Å². The van der Waals surface area contributed by atoms with Crippen LogP contribution in [0.15, 0.2) is 53.0 Å². The lowest BCUT2D eigenvalue weighted by Gasteiger charge is -2.22. The summed E-state index contributed by atoms with van der Waals surface area (Å²) in [4.78, 5) is 36.2. The van der Waals surface area contributed by atoms with Crippen LogP contribution in [0, 0.1) is 0 Å². The van der Waals surface area contributed by atoms with Crippen molar-refractivity contribution in [1.29, 1.82) is 0 Å². The first-order valence-corrected chi connectivity index (χ1v) is 10.1. The number of hydrogen-bond donors (Lipinski definition) is 2. The van der Waals surface area contributed by atoms with Gasteiger partial charge in [0.25, 0.3) is 0 Å². The predicted molar refractivity (Wildman–Crippen MR) is 114 cm³/mol.